The van der Waals surface area contributed by atoms with E-state index >= 15 is 0 Å². The van der Waals surface area contributed by atoms with Crippen LogP contribution >= 0.6 is 11.3 Å². The summed E-state index contributed by atoms with van der Waals surface area (Å²) in [5.41, 5.74) is 0.995. The number of esters is 1. The van der Waals surface area contributed by atoms with Gasteiger partial charge in [0.05, 0.1) is 15.2 Å². The lowest BCUT2D eigenvalue weighted by Crippen LogP contribution is -2.35. The number of para-hydroxylation sites is 1. The van der Waals surface area contributed by atoms with E-state index in [0.717, 1.165) is 21.6 Å². The van der Waals surface area contributed by atoms with Crippen LogP contribution in [0.4, 0.5) is 0 Å². The number of thiazole rings is 1. The van der Waals surface area contributed by atoms with Crippen LogP contribution in [0.15, 0.2) is 24.3 Å². The van der Waals surface area contributed by atoms with Gasteiger partial charge in [0.1, 0.15) is 0 Å². The first-order valence-corrected chi connectivity index (χ1v) is 8.23. The van der Waals surface area contributed by atoms with E-state index in [9.17, 15) is 9.59 Å². The van der Waals surface area contributed by atoms with Crippen LogP contribution in [0.5, 0.6) is 0 Å². The summed E-state index contributed by atoms with van der Waals surface area (Å²) in [5.74, 6) is -0.609. The lowest BCUT2D eigenvalue weighted by molar-refractivity contribution is -0.154. The second kappa shape index (κ2) is 7.89. The maximum atomic E-state index is 11.7. The Hall–Kier alpha value is -1.95. The highest BCUT2D eigenvalue weighted by Crippen LogP contribution is 2.22. The number of amides is 1. The molecule has 0 unspecified atom stereocenters. The molecule has 22 heavy (non-hydrogen) atoms. The Morgan fingerprint density at radius 2 is 2.14 bits per heavy atom. The number of carbonyl (C=O) groups is 2. The maximum absolute atomic E-state index is 11.7. The van der Waals surface area contributed by atoms with Gasteiger partial charge >= 0.3 is 5.97 Å². The zero-order valence-electron chi connectivity index (χ0n) is 12.8. The third-order valence-corrected chi connectivity index (χ3v) is 4.23. The van der Waals surface area contributed by atoms with Crippen LogP contribution in [0.1, 0.15) is 31.7 Å². The molecule has 0 fully saturated rings. The van der Waals surface area contributed by atoms with Crippen LogP contribution in [-0.2, 0) is 20.7 Å². The topological polar surface area (TPSA) is 68.3 Å². The number of likely N-dealkylation sites (N-methyl/N-ethyl adjacent to an activating group) is 1. The molecule has 2 aromatic rings. The summed E-state index contributed by atoms with van der Waals surface area (Å²) in [6.45, 7) is 3.93. The van der Waals surface area contributed by atoms with E-state index in [1.807, 2.05) is 31.2 Å². The van der Waals surface area contributed by atoms with E-state index in [-0.39, 0.29) is 11.9 Å². The number of aromatic nitrogens is 1. The molecule has 6 heteroatoms. The Balaban J connectivity index is 1.76. The molecule has 0 radical (unpaired) electrons. The number of carbonyl (C=O) groups excluding carboxylic acids is 2. The molecule has 0 bridgehead atoms. The Morgan fingerprint density at radius 3 is 2.86 bits per heavy atom. The molecule has 5 nitrogen and oxygen atoms in total. The highest BCUT2D eigenvalue weighted by Gasteiger charge is 2.16. The zero-order chi connectivity index (χ0) is 15.9. The van der Waals surface area contributed by atoms with Crippen molar-refractivity contribution in [3.63, 3.8) is 0 Å². The lowest BCUT2D eigenvalue weighted by atomic mass is 10.2. The minimum absolute atomic E-state index is 0.262. The average molecular weight is 320 g/mol. The molecule has 0 aliphatic rings. The van der Waals surface area contributed by atoms with Gasteiger partial charge in [0.15, 0.2) is 6.10 Å². The molecule has 1 N–H and O–H groups in total. The molecule has 1 aromatic heterocycles. The quantitative estimate of drug-likeness (QED) is 0.796. The summed E-state index contributed by atoms with van der Waals surface area (Å²) in [5, 5.41) is 3.64. The molecule has 1 amide bonds. The molecule has 0 aliphatic heterocycles. The summed E-state index contributed by atoms with van der Waals surface area (Å²) < 4.78 is 6.25. The van der Waals surface area contributed by atoms with E-state index in [0.29, 0.717) is 19.4 Å². The van der Waals surface area contributed by atoms with Crippen LogP contribution in [0.2, 0.25) is 0 Å². The summed E-state index contributed by atoms with van der Waals surface area (Å²) in [6.07, 6.45) is 0.958. The smallest absolute Gasteiger partial charge is 0.306 e. The van der Waals surface area contributed by atoms with Crippen molar-refractivity contribution < 1.29 is 14.3 Å². The molecule has 1 heterocycles. The summed E-state index contributed by atoms with van der Waals surface area (Å²) >= 11 is 1.65. The number of fused-ring (bicyclic) bond motifs is 1. The van der Waals surface area contributed by atoms with Crippen molar-refractivity contribution in [3.05, 3.63) is 29.3 Å². The highest BCUT2D eigenvalue weighted by molar-refractivity contribution is 7.18. The van der Waals surface area contributed by atoms with Crippen molar-refractivity contribution in [1.29, 1.82) is 0 Å². The first-order valence-electron chi connectivity index (χ1n) is 7.41. The van der Waals surface area contributed by atoms with Crippen molar-refractivity contribution in [2.24, 2.45) is 0 Å². The number of nitrogens with zero attached hydrogens (tertiary/aromatic N) is 1. The van der Waals surface area contributed by atoms with Gasteiger partial charge in [-0.3, -0.25) is 9.59 Å². The Kier molecular flexibility index (Phi) is 5.89. The molecular formula is C16H20N2O3S. The van der Waals surface area contributed by atoms with Crippen LogP contribution in [-0.4, -0.2) is 29.5 Å². The molecular weight excluding hydrogens is 300 g/mol. The third kappa shape index (κ3) is 4.53. The van der Waals surface area contributed by atoms with Crippen molar-refractivity contribution in [1.82, 2.24) is 10.3 Å². The first kappa shape index (κ1) is 16.4. The van der Waals surface area contributed by atoms with Gasteiger partial charge in [0.25, 0.3) is 5.91 Å². The number of rotatable bonds is 7. The summed E-state index contributed by atoms with van der Waals surface area (Å²) in [6, 6.07) is 7.98. The number of aryl methyl sites for hydroxylation is 1. The molecule has 0 aliphatic carbocycles. The van der Waals surface area contributed by atoms with Gasteiger partial charge in [-0.05, 0) is 38.8 Å². The van der Waals surface area contributed by atoms with Gasteiger partial charge in [-0.2, -0.15) is 0 Å². The maximum Gasteiger partial charge on any atom is 0.306 e. The van der Waals surface area contributed by atoms with Gasteiger partial charge in [-0.1, -0.05) is 12.1 Å². The fraction of sp³-hybridized carbons (Fsp3) is 0.438. The summed E-state index contributed by atoms with van der Waals surface area (Å²) in [4.78, 5) is 27.7. The number of hydrogen-bond donors (Lipinski definition) is 1. The van der Waals surface area contributed by atoms with Gasteiger partial charge in [-0.15, -0.1) is 11.3 Å². The van der Waals surface area contributed by atoms with E-state index in [4.69, 9.17) is 4.74 Å². The summed E-state index contributed by atoms with van der Waals surface area (Å²) in [7, 11) is 0. The fourth-order valence-electron chi connectivity index (χ4n) is 2.04. The van der Waals surface area contributed by atoms with Crippen LogP contribution in [0.3, 0.4) is 0 Å². The van der Waals surface area contributed by atoms with E-state index in [1.165, 1.54) is 0 Å². The minimum atomic E-state index is -0.741. The van der Waals surface area contributed by atoms with Crippen LogP contribution < -0.4 is 5.32 Å². The molecule has 0 saturated heterocycles. The molecule has 0 spiro atoms. The Labute approximate surface area is 133 Å². The monoisotopic (exact) mass is 320 g/mol. The predicted octanol–water partition coefficient (Wildman–Crippen LogP) is 2.69. The highest BCUT2D eigenvalue weighted by atomic mass is 32.1. The molecule has 2 rings (SSSR count). The second-order valence-corrected chi connectivity index (χ2v) is 6.07. The Morgan fingerprint density at radius 1 is 1.36 bits per heavy atom. The lowest BCUT2D eigenvalue weighted by Gasteiger charge is -2.12. The van der Waals surface area contributed by atoms with Crippen molar-refractivity contribution in [3.8, 4) is 0 Å². The predicted molar refractivity (Wildman–Crippen MR) is 86.8 cm³/mol. The number of hydrogen-bond acceptors (Lipinski definition) is 5. The van der Waals surface area contributed by atoms with Crippen LogP contribution in [0, 0.1) is 0 Å². The van der Waals surface area contributed by atoms with E-state index in [2.05, 4.69) is 10.3 Å². The van der Waals surface area contributed by atoms with Gasteiger partial charge in [0.2, 0.25) is 0 Å². The van der Waals surface area contributed by atoms with Gasteiger partial charge in [0, 0.05) is 13.0 Å². The Bertz CT molecular complexity index is 621. The normalized spacial score (nSPS) is 12.1. The average Bonchev–Trinajstić information content (AvgIpc) is 2.90. The van der Waals surface area contributed by atoms with Crippen molar-refractivity contribution >= 4 is 33.4 Å². The molecule has 118 valence electrons. The number of benzene rings is 1. The molecule has 0 saturated carbocycles. The standard InChI is InChI=1S/C16H20N2O3S/c1-3-17-16(20)11(2)21-15(19)10-6-9-14-18-12-7-4-5-8-13(12)22-14/h4-5,7-8,11H,3,6,9-10H2,1-2H3,(H,17,20)/t11-/m1/s1. The van der Waals surface area contributed by atoms with Gasteiger partial charge < -0.3 is 10.1 Å². The molecule has 1 aromatic carbocycles. The van der Waals surface area contributed by atoms with Crippen molar-refractivity contribution in [2.45, 2.75) is 39.2 Å². The fourth-order valence-corrected chi connectivity index (χ4v) is 3.05. The van der Waals surface area contributed by atoms with Gasteiger partial charge in [-0.25, -0.2) is 4.98 Å². The third-order valence-electron chi connectivity index (χ3n) is 3.14. The number of nitrogens with one attached hydrogen (secondary N) is 1. The second-order valence-electron chi connectivity index (χ2n) is 4.96. The first-order chi connectivity index (χ1) is 10.6. The molecule has 1 atom stereocenters. The zero-order valence-corrected chi connectivity index (χ0v) is 13.6. The van der Waals surface area contributed by atoms with Crippen LogP contribution in [0.25, 0.3) is 10.2 Å². The SMILES string of the molecule is CCNC(=O)[C@@H](C)OC(=O)CCCc1nc2ccccc2s1. The van der Waals surface area contributed by atoms with E-state index in [1.54, 1.807) is 18.3 Å². The van der Waals surface area contributed by atoms with E-state index < -0.39 is 6.10 Å². The largest absolute Gasteiger partial charge is 0.453 e. The van der Waals surface area contributed by atoms with Crippen molar-refractivity contribution in [2.75, 3.05) is 6.54 Å². The number of ether oxygens (including phenoxy) is 1. The minimum Gasteiger partial charge on any atom is -0.453 e.